The minimum absolute atomic E-state index is 0.0562. The number of pyridine rings is 1. The van der Waals surface area contributed by atoms with E-state index in [0.29, 0.717) is 37.1 Å². The Balaban J connectivity index is 1.47. The monoisotopic (exact) mass is 451 g/mol. The van der Waals surface area contributed by atoms with Crippen molar-refractivity contribution >= 4 is 33.1 Å². The van der Waals surface area contributed by atoms with Crippen LogP contribution < -0.4 is 5.32 Å². The third-order valence-corrected chi connectivity index (χ3v) is 6.80. The van der Waals surface area contributed by atoms with E-state index in [-0.39, 0.29) is 30.3 Å². The number of fused-ring (bicyclic) bond motifs is 1. The summed E-state index contributed by atoms with van der Waals surface area (Å²) in [7, 11) is -3.68. The van der Waals surface area contributed by atoms with E-state index >= 15 is 0 Å². The third kappa shape index (κ3) is 5.73. The van der Waals surface area contributed by atoms with Crippen LogP contribution in [0.2, 0.25) is 0 Å². The molecule has 1 saturated heterocycles. The molecule has 11 heteroatoms. The summed E-state index contributed by atoms with van der Waals surface area (Å²) in [6, 6.07) is 3.42. The van der Waals surface area contributed by atoms with Crippen LogP contribution in [0.1, 0.15) is 33.6 Å². The molecule has 0 aliphatic carbocycles. The second-order valence-electron chi connectivity index (χ2n) is 8.37. The van der Waals surface area contributed by atoms with E-state index in [1.807, 2.05) is 0 Å². The van der Waals surface area contributed by atoms with Crippen molar-refractivity contribution in [3.63, 3.8) is 0 Å². The molecule has 170 valence electrons. The summed E-state index contributed by atoms with van der Waals surface area (Å²) in [4.78, 5) is 32.9. The molecule has 1 aliphatic heterocycles. The number of ether oxygens (including phenoxy) is 1. The molecule has 0 aromatic carbocycles. The minimum atomic E-state index is -3.68. The Kier molecular flexibility index (Phi) is 6.85. The Morgan fingerprint density at radius 1 is 1.23 bits per heavy atom. The molecule has 0 spiro atoms. The number of carbonyl (C=O) groups is 2. The van der Waals surface area contributed by atoms with E-state index < -0.39 is 21.7 Å². The van der Waals surface area contributed by atoms with Crippen molar-refractivity contribution < 1.29 is 22.7 Å². The van der Waals surface area contributed by atoms with Gasteiger partial charge in [0.2, 0.25) is 15.9 Å². The van der Waals surface area contributed by atoms with Crippen molar-refractivity contribution in [3.05, 3.63) is 24.5 Å². The molecule has 31 heavy (non-hydrogen) atoms. The first-order chi connectivity index (χ1) is 14.6. The van der Waals surface area contributed by atoms with Gasteiger partial charge in [0.05, 0.1) is 0 Å². The first-order valence-electron chi connectivity index (χ1n) is 10.2. The summed E-state index contributed by atoms with van der Waals surface area (Å²) in [5, 5.41) is 3.18. The first-order valence-corrected chi connectivity index (χ1v) is 11.7. The summed E-state index contributed by atoms with van der Waals surface area (Å²) < 4.78 is 32.6. The van der Waals surface area contributed by atoms with Crippen LogP contribution in [-0.2, 0) is 19.6 Å². The van der Waals surface area contributed by atoms with Crippen LogP contribution >= 0.6 is 0 Å². The van der Waals surface area contributed by atoms with Crippen LogP contribution in [0, 0.1) is 0 Å². The number of H-pyrrole nitrogens is 1. The standard InChI is InChI=1S/C20H29N5O5S/c1-20(2,3)30-19(27)22-9-5-7-17(26)24-10-12-25(13-11-24)31(28,29)16-14-23-18-15(16)6-4-8-21-18/h4,6,8,14H,5,7,9-13H2,1-3H3,(H,21,23)(H,22,27). The lowest BCUT2D eigenvalue weighted by molar-refractivity contribution is -0.132. The van der Waals surface area contributed by atoms with Crippen molar-refractivity contribution in [2.45, 2.75) is 44.1 Å². The van der Waals surface area contributed by atoms with Crippen molar-refractivity contribution in [1.29, 1.82) is 0 Å². The number of nitrogens with one attached hydrogen (secondary N) is 2. The highest BCUT2D eigenvalue weighted by Gasteiger charge is 2.31. The van der Waals surface area contributed by atoms with E-state index in [0.717, 1.165) is 0 Å². The molecule has 0 saturated carbocycles. The zero-order valence-electron chi connectivity index (χ0n) is 18.1. The second-order valence-corrected chi connectivity index (χ2v) is 10.3. The van der Waals surface area contributed by atoms with Crippen LogP contribution in [0.3, 0.4) is 0 Å². The zero-order valence-corrected chi connectivity index (χ0v) is 18.9. The number of sulfonamides is 1. The van der Waals surface area contributed by atoms with Crippen molar-refractivity contribution in [2.75, 3.05) is 32.7 Å². The lowest BCUT2D eigenvalue weighted by Gasteiger charge is -2.34. The van der Waals surface area contributed by atoms with E-state index in [9.17, 15) is 18.0 Å². The second kappa shape index (κ2) is 9.23. The van der Waals surface area contributed by atoms with Crippen molar-refractivity contribution in [1.82, 2.24) is 24.5 Å². The van der Waals surface area contributed by atoms with Gasteiger partial charge in [-0.25, -0.2) is 18.2 Å². The molecule has 0 atom stereocenters. The Bertz CT molecular complexity index is 1040. The summed E-state index contributed by atoms with van der Waals surface area (Å²) in [6.45, 7) is 6.82. The molecule has 0 unspecified atom stereocenters. The van der Waals surface area contributed by atoms with Gasteiger partial charge in [-0.3, -0.25) is 4.79 Å². The number of amides is 2. The normalized spacial score (nSPS) is 15.8. The lowest BCUT2D eigenvalue weighted by Crippen LogP contribution is -2.50. The van der Waals surface area contributed by atoms with Gasteiger partial charge >= 0.3 is 6.09 Å². The number of aromatic nitrogens is 2. The highest BCUT2D eigenvalue weighted by Crippen LogP contribution is 2.25. The van der Waals surface area contributed by atoms with Gasteiger partial charge in [-0.05, 0) is 39.3 Å². The number of alkyl carbamates (subject to hydrolysis) is 1. The maximum atomic E-state index is 13.0. The Morgan fingerprint density at radius 3 is 2.61 bits per heavy atom. The minimum Gasteiger partial charge on any atom is -0.444 e. The molecule has 10 nitrogen and oxygen atoms in total. The van der Waals surface area contributed by atoms with Crippen molar-refractivity contribution in [2.24, 2.45) is 0 Å². The van der Waals surface area contributed by atoms with Gasteiger partial charge in [0, 0.05) is 56.9 Å². The average Bonchev–Trinajstić information content (AvgIpc) is 3.15. The summed E-state index contributed by atoms with van der Waals surface area (Å²) >= 11 is 0. The van der Waals surface area contributed by atoms with Crippen LogP contribution in [0.5, 0.6) is 0 Å². The number of nitrogens with zero attached hydrogens (tertiary/aromatic N) is 3. The van der Waals surface area contributed by atoms with Gasteiger partial charge < -0.3 is 19.9 Å². The van der Waals surface area contributed by atoms with Crippen LogP contribution in [0.25, 0.3) is 11.0 Å². The number of piperazine rings is 1. The van der Waals surface area contributed by atoms with Gasteiger partial charge in [0.1, 0.15) is 16.1 Å². The zero-order chi connectivity index (χ0) is 22.6. The fourth-order valence-electron chi connectivity index (χ4n) is 3.36. The van der Waals surface area contributed by atoms with Gasteiger partial charge in [-0.15, -0.1) is 0 Å². The summed E-state index contributed by atoms with van der Waals surface area (Å²) in [5.41, 5.74) is -0.0433. The van der Waals surface area contributed by atoms with E-state index in [4.69, 9.17) is 4.74 Å². The molecule has 3 rings (SSSR count). The Labute approximate surface area is 182 Å². The highest BCUT2D eigenvalue weighted by atomic mass is 32.2. The van der Waals surface area contributed by atoms with Crippen molar-refractivity contribution in [3.8, 4) is 0 Å². The Hall–Kier alpha value is -2.66. The molecule has 2 N–H and O–H groups in total. The predicted octanol–water partition coefficient (Wildman–Crippen LogP) is 1.70. The van der Waals surface area contributed by atoms with Crippen LogP contribution in [0.4, 0.5) is 4.79 Å². The predicted molar refractivity (Wildman–Crippen MR) is 115 cm³/mol. The van der Waals surface area contributed by atoms with E-state index in [1.54, 1.807) is 44.0 Å². The molecular weight excluding hydrogens is 422 g/mol. The highest BCUT2D eigenvalue weighted by molar-refractivity contribution is 7.89. The maximum absolute atomic E-state index is 13.0. The third-order valence-electron chi connectivity index (χ3n) is 4.86. The van der Waals surface area contributed by atoms with E-state index in [1.165, 1.54) is 10.5 Å². The summed E-state index contributed by atoms with van der Waals surface area (Å²) in [5.74, 6) is -0.0562. The van der Waals surface area contributed by atoms with Gasteiger partial charge in [-0.1, -0.05) is 0 Å². The molecule has 2 aromatic heterocycles. The van der Waals surface area contributed by atoms with Crippen LogP contribution in [-0.4, -0.2) is 77.9 Å². The SMILES string of the molecule is CC(C)(C)OC(=O)NCCCC(=O)N1CCN(S(=O)(=O)c2c[nH]c3ncccc23)CC1. The Morgan fingerprint density at radius 2 is 1.94 bits per heavy atom. The number of hydrogen-bond donors (Lipinski definition) is 2. The first kappa shape index (κ1) is 23.0. The topological polar surface area (TPSA) is 125 Å². The molecule has 3 heterocycles. The molecule has 0 radical (unpaired) electrons. The molecule has 1 aliphatic rings. The molecular formula is C20H29N5O5S. The van der Waals surface area contributed by atoms with E-state index in [2.05, 4.69) is 15.3 Å². The fraction of sp³-hybridized carbons (Fsp3) is 0.550. The van der Waals surface area contributed by atoms with Gasteiger partial charge in [0.25, 0.3) is 0 Å². The van der Waals surface area contributed by atoms with Gasteiger partial charge in [0.15, 0.2) is 0 Å². The number of hydrogen-bond acceptors (Lipinski definition) is 6. The lowest BCUT2D eigenvalue weighted by atomic mass is 10.2. The van der Waals surface area contributed by atoms with Gasteiger partial charge in [-0.2, -0.15) is 4.31 Å². The number of carbonyl (C=O) groups excluding carboxylic acids is 2. The number of rotatable bonds is 6. The molecule has 2 aromatic rings. The molecule has 1 fully saturated rings. The fourth-order valence-corrected chi connectivity index (χ4v) is 4.94. The quantitative estimate of drug-likeness (QED) is 0.644. The summed E-state index contributed by atoms with van der Waals surface area (Å²) in [6.07, 6.45) is 3.31. The maximum Gasteiger partial charge on any atom is 0.407 e. The van der Waals surface area contributed by atoms with Crippen LogP contribution in [0.15, 0.2) is 29.4 Å². The molecule has 2 amide bonds. The average molecular weight is 452 g/mol. The smallest absolute Gasteiger partial charge is 0.407 e. The number of aromatic amines is 1. The largest absolute Gasteiger partial charge is 0.444 e. The molecule has 0 bridgehead atoms.